The van der Waals surface area contributed by atoms with Gasteiger partial charge in [0.15, 0.2) is 6.10 Å². The lowest BCUT2D eigenvalue weighted by Gasteiger charge is -2.17. The van der Waals surface area contributed by atoms with Gasteiger partial charge in [-0.15, -0.1) is 0 Å². The predicted octanol–water partition coefficient (Wildman–Crippen LogP) is 6.29. The molecule has 0 aliphatic rings. The molecule has 0 fully saturated rings. The molecule has 0 saturated carbocycles. The molecule has 1 atom stereocenters. The van der Waals surface area contributed by atoms with E-state index < -0.39 is 6.10 Å². The van der Waals surface area contributed by atoms with E-state index in [1.54, 1.807) is 48.5 Å². The zero-order valence-electron chi connectivity index (χ0n) is 15.7. The van der Waals surface area contributed by atoms with Gasteiger partial charge in [0.05, 0.1) is 10.0 Å². The molecule has 0 aliphatic carbocycles. The Morgan fingerprint density at radius 3 is 2.21 bits per heavy atom. The van der Waals surface area contributed by atoms with E-state index in [-0.39, 0.29) is 11.7 Å². The van der Waals surface area contributed by atoms with Gasteiger partial charge in [-0.25, -0.2) is 0 Å². The van der Waals surface area contributed by atoms with Crippen LogP contribution in [0.1, 0.15) is 34.1 Å². The van der Waals surface area contributed by atoms with Crippen molar-refractivity contribution in [2.45, 2.75) is 19.4 Å². The Kier molecular flexibility index (Phi) is 6.91. The van der Waals surface area contributed by atoms with Crippen LogP contribution in [0.5, 0.6) is 5.75 Å². The Morgan fingerprint density at radius 1 is 0.897 bits per heavy atom. The summed E-state index contributed by atoms with van der Waals surface area (Å²) >= 11 is 11.8. The molecule has 0 aliphatic heterocycles. The van der Waals surface area contributed by atoms with Crippen LogP contribution in [-0.2, 0) is 0 Å². The van der Waals surface area contributed by atoms with Gasteiger partial charge in [-0.2, -0.15) is 0 Å². The third-order valence-corrected chi connectivity index (χ3v) is 5.03. The third kappa shape index (κ3) is 5.37. The molecule has 148 valence electrons. The van der Waals surface area contributed by atoms with Crippen molar-refractivity contribution in [1.29, 1.82) is 0 Å². The zero-order chi connectivity index (χ0) is 20.8. The van der Waals surface area contributed by atoms with E-state index in [0.717, 1.165) is 0 Å². The SMILES string of the molecule is CCC(Oc1ccc(NC(=O)c2ccc(Cl)c(Cl)c2)cc1)C(=O)c1ccccc1. The first-order valence-electron chi connectivity index (χ1n) is 9.10. The maximum atomic E-state index is 12.6. The lowest BCUT2D eigenvalue weighted by molar-refractivity contribution is 0.0786. The standard InChI is InChI=1S/C23H19Cl2NO3/c1-2-21(22(27)15-6-4-3-5-7-15)29-18-11-9-17(10-12-18)26-23(28)16-8-13-19(24)20(25)14-16/h3-14,21H,2H2,1H3,(H,26,28). The average Bonchev–Trinajstić information content (AvgIpc) is 2.75. The fraction of sp³-hybridized carbons (Fsp3) is 0.130. The van der Waals surface area contributed by atoms with Gasteiger partial charge in [0.25, 0.3) is 5.91 Å². The number of benzene rings is 3. The molecule has 29 heavy (non-hydrogen) atoms. The minimum absolute atomic E-state index is 0.0647. The normalized spacial score (nSPS) is 11.6. The second-order valence-corrected chi connectivity index (χ2v) is 7.17. The first-order valence-corrected chi connectivity index (χ1v) is 9.86. The van der Waals surface area contributed by atoms with Crippen molar-refractivity contribution in [3.63, 3.8) is 0 Å². The molecule has 1 amide bonds. The number of nitrogens with one attached hydrogen (secondary N) is 1. The summed E-state index contributed by atoms with van der Waals surface area (Å²) in [4.78, 5) is 24.9. The molecular formula is C23H19Cl2NO3. The maximum Gasteiger partial charge on any atom is 0.255 e. The second-order valence-electron chi connectivity index (χ2n) is 6.35. The predicted molar refractivity (Wildman–Crippen MR) is 116 cm³/mol. The van der Waals surface area contributed by atoms with Crippen molar-refractivity contribution in [3.8, 4) is 5.75 Å². The highest BCUT2D eigenvalue weighted by Gasteiger charge is 2.20. The van der Waals surface area contributed by atoms with Gasteiger partial charge >= 0.3 is 0 Å². The monoisotopic (exact) mass is 427 g/mol. The van der Waals surface area contributed by atoms with E-state index in [1.807, 2.05) is 25.1 Å². The van der Waals surface area contributed by atoms with E-state index in [2.05, 4.69) is 5.32 Å². The zero-order valence-corrected chi connectivity index (χ0v) is 17.2. The topological polar surface area (TPSA) is 55.4 Å². The Labute approximate surface area is 179 Å². The summed E-state index contributed by atoms with van der Waals surface area (Å²) in [6, 6.07) is 20.6. The molecule has 0 spiro atoms. The molecule has 4 nitrogen and oxygen atoms in total. The molecule has 6 heteroatoms. The molecule has 3 aromatic rings. The van der Waals surface area contributed by atoms with Crippen molar-refractivity contribution in [2.75, 3.05) is 5.32 Å². The van der Waals surface area contributed by atoms with E-state index in [9.17, 15) is 9.59 Å². The van der Waals surface area contributed by atoms with Gasteiger partial charge in [-0.1, -0.05) is 60.5 Å². The number of Topliss-reactive ketones (excluding diaryl/α,β-unsaturated/α-hetero) is 1. The van der Waals surface area contributed by atoms with Gasteiger partial charge in [0.1, 0.15) is 5.75 Å². The fourth-order valence-electron chi connectivity index (χ4n) is 2.73. The van der Waals surface area contributed by atoms with Gasteiger partial charge in [-0.3, -0.25) is 9.59 Å². The van der Waals surface area contributed by atoms with Crippen LogP contribution in [0.3, 0.4) is 0 Å². The number of anilines is 1. The van der Waals surface area contributed by atoms with Crippen LogP contribution < -0.4 is 10.1 Å². The lowest BCUT2D eigenvalue weighted by Crippen LogP contribution is -2.26. The van der Waals surface area contributed by atoms with E-state index in [1.165, 1.54) is 6.07 Å². The van der Waals surface area contributed by atoms with Crippen LogP contribution in [0.25, 0.3) is 0 Å². The van der Waals surface area contributed by atoms with E-state index in [4.69, 9.17) is 27.9 Å². The Bertz CT molecular complexity index is 1000. The molecular weight excluding hydrogens is 409 g/mol. The van der Waals surface area contributed by atoms with Gasteiger partial charge in [0.2, 0.25) is 5.78 Å². The van der Waals surface area contributed by atoms with Crippen molar-refractivity contribution >= 4 is 40.6 Å². The number of ketones is 1. The molecule has 3 aromatic carbocycles. The highest BCUT2D eigenvalue weighted by atomic mass is 35.5. The molecule has 0 bridgehead atoms. The molecule has 0 saturated heterocycles. The number of hydrogen-bond acceptors (Lipinski definition) is 3. The van der Waals surface area contributed by atoms with Crippen LogP contribution in [0.2, 0.25) is 10.0 Å². The largest absolute Gasteiger partial charge is 0.482 e. The Balaban J connectivity index is 1.65. The Hall–Kier alpha value is -2.82. The van der Waals surface area contributed by atoms with Crippen molar-refractivity contribution in [3.05, 3.63) is 94.0 Å². The van der Waals surface area contributed by atoms with Crippen molar-refractivity contribution in [2.24, 2.45) is 0 Å². The number of carbonyl (C=O) groups is 2. The van der Waals surface area contributed by atoms with Crippen LogP contribution in [0.15, 0.2) is 72.8 Å². The van der Waals surface area contributed by atoms with Gasteiger partial charge in [0, 0.05) is 16.8 Å². The van der Waals surface area contributed by atoms with Crippen molar-refractivity contribution in [1.82, 2.24) is 0 Å². The van der Waals surface area contributed by atoms with Crippen LogP contribution >= 0.6 is 23.2 Å². The molecule has 1 N–H and O–H groups in total. The summed E-state index contributed by atoms with van der Waals surface area (Å²) in [6.45, 7) is 1.90. The summed E-state index contributed by atoms with van der Waals surface area (Å²) in [5, 5.41) is 3.49. The third-order valence-electron chi connectivity index (χ3n) is 4.29. The molecule has 0 aromatic heterocycles. The lowest BCUT2D eigenvalue weighted by atomic mass is 10.0. The smallest absolute Gasteiger partial charge is 0.255 e. The quantitative estimate of drug-likeness (QED) is 0.450. The highest BCUT2D eigenvalue weighted by molar-refractivity contribution is 6.42. The highest BCUT2D eigenvalue weighted by Crippen LogP contribution is 2.24. The van der Waals surface area contributed by atoms with Crippen LogP contribution in [0.4, 0.5) is 5.69 Å². The fourth-order valence-corrected chi connectivity index (χ4v) is 3.03. The molecule has 1 unspecified atom stereocenters. The summed E-state index contributed by atoms with van der Waals surface area (Å²) in [6.07, 6.45) is -0.0298. The molecule has 0 heterocycles. The summed E-state index contributed by atoms with van der Waals surface area (Å²) in [5.41, 5.74) is 1.61. The number of hydrogen-bond donors (Lipinski definition) is 1. The second kappa shape index (κ2) is 9.59. The van der Waals surface area contributed by atoms with E-state index >= 15 is 0 Å². The number of amides is 1. The average molecular weight is 428 g/mol. The first-order chi connectivity index (χ1) is 14.0. The number of halogens is 2. The van der Waals surface area contributed by atoms with E-state index in [0.29, 0.717) is 39.0 Å². The van der Waals surface area contributed by atoms with Crippen LogP contribution in [-0.4, -0.2) is 17.8 Å². The molecule has 0 radical (unpaired) electrons. The molecule has 3 rings (SSSR count). The minimum atomic E-state index is -0.575. The number of ether oxygens (including phenoxy) is 1. The maximum absolute atomic E-state index is 12.6. The summed E-state index contributed by atoms with van der Waals surface area (Å²) < 4.78 is 5.86. The minimum Gasteiger partial charge on any atom is -0.482 e. The van der Waals surface area contributed by atoms with Crippen LogP contribution in [0, 0.1) is 0 Å². The van der Waals surface area contributed by atoms with Gasteiger partial charge < -0.3 is 10.1 Å². The van der Waals surface area contributed by atoms with Crippen molar-refractivity contribution < 1.29 is 14.3 Å². The number of rotatable bonds is 7. The van der Waals surface area contributed by atoms with Gasteiger partial charge in [-0.05, 0) is 48.9 Å². The summed E-state index contributed by atoms with van der Waals surface area (Å²) in [5.74, 6) is 0.182. The Morgan fingerprint density at radius 2 is 1.59 bits per heavy atom. The summed E-state index contributed by atoms with van der Waals surface area (Å²) in [7, 11) is 0. The first kappa shape index (κ1) is 20.9. The number of carbonyl (C=O) groups excluding carboxylic acids is 2.